The molecule has 4 rings (SSSR count). The largest absolute Gasteiger partial charge is 0.344 e. The van der Waals surface area contributed by atoms with E-state index in [-0.39, 0.29) is 6.04 Å². The molecule has 130 valence electrons. The van der Waals surface area contributed by atoms with Crippen molar-refractivity contribution in [3.05, 3.63) is 18.5 Å². The van der Waals surface area contributed by atoms with E-state index in [0.717, 1.165) is 64.6 Å². The molecule has 4 heterocycles. The van der Waals surface area contributed by atoms with Crippen LogP contribution in [0, 0.1) is 0 Å². The van der Waals surface area contributed by atoms with Gasteiger partial charge in [0, 0.05) is 71.3 Å². The fraction of sp³-hybridized carbons (Fsp3) is 0.706. The average molecular weight is 330 g/mol. The van der Waals surface area contributed by atoms with Crippen LogP contribution in [0.1, 0.15) is 12.8 Å². The molecule has 0 saturated carbocycles. The van der Waals surface area contributed by atoms with Crippen molar-refractivity contribution in [2.75, 3.05) is 57.8 Å². The summed E-state index contributed by atoms with van der Waals surface area (Å²) in [5.74, 6) is 1.15. The summed E-state index contributed by atoms with van der Waals surface area (Å²) in [5.41, 5.74) is 0. The number of amides is 1. The molecule has 1 atom stereocenters. The monoisotopic (exact) mass is 330 g/mol. The van der Waals surface area contributed by atoms with Crippen molar-refractivity contribution in [1.29, 1.82) is 0 Å². The zero-order chi connectivity index (χ0) is 16.5. The summed E-state index contributed by atoms with van der Waals surface area (Å²) in [5, 5.41) is 0. The number of likely N-dealkylation sites (N-methyl/N-ethyl adjacent to an activating group) is 1. The molecule has 1 aromatic rings. The molecule has 0 aromatic carbocycles. The average Bonchev–Trinajstić information content (AvgIpc) is 2.59. The standard InChI is InChI=1S/C17H26N6O/c1-20-7-2-4-15(16(20)24)23-12-14(13-23)21-8-10-22(11-9-21)17-18-5-3-6-19-17/h3,5-6,14-15H,2,4,7-13H2,1H3. The SMILES string of the molecule is CN1CCCC(N2CC(N3CCN(c4ncccn4)CC3)C2)C1=O. The van der Waals surface area contributed by atoms with E-state index < -0.39 is 0 Å². The highest BCUT2D eigenvalue weighted by atomic mass is 16.2. The third kappa shape index (κ3) is 2.98. The van der Waals surface area contributed by atoms with Crippen LogP contribution in [0.4, 0.5) is 5.95 Å². The Morgan fingerprint density at radius 2 is 1.71 bits per heavy atom. The fourth-order valence-corrected chi connectivity index (χ4v) is 4.06. The van der Waals surface area contributed by atoms with Crippen LogP contribution in [0.15, 0.2) is 18.5 Å². The number of piperazine rings is 1. The Hall–Kier alpha value is -1.73. The second kappa shape index (κ2) is 6.64. The molecule has 0 N–H and O–H groups in total. The maximum Gasteiger partial charge on any atom is 0.239 e. The molecule has 3 aliphatic heterocycles. The van der Waals surface area contributed by atoms with E-state index in [1.165, 1.54) is 0 Å². The summed E-state index contributed by atoms with van der Waals surface area (Å²) in [6.45, 7) is 7.04. The van der Waals surface area contributed by atoms with Crippen molar-refractivity contribution in [3.63, 3.8) is 0 Å². The first-order chi connectivity index (χ1) is 11.7. The van der Waals surface area contributed by atoms with E-state index >= 15 is 0 Å². The van der Waals surface area contributed by atoms with E-state index in [9.17, 15) is 4.79 Å². The lowest BCUT2D eigenvalue weighted by atomic mass is 9.96. The van der Waals surface area contributed by atoms with Gasteiger partial charge in [-0.25, -0.2) is 9.97 Å². The van der Waals surface area contributed by atoms with Crippen molar-refractivity contribution < 1.29 is 4.79 Å². The molecule has 0 bridgehead atoms. The molecule has 3 fully saturated rings. The number of rotatable bonds is 3. The Morgan fingerprint density at radius 1 is 1.00 bits per heavy atom. The summed E-state index contributed by atoms with van der Waals surface area (Å²) in [7, 11) is 1.93. The molecule has 1 amide bonds. The number of nitrogens with zero attached hydrogens (tertiary/aromatic N) is 6. The van der Waals surface area contributed by atoms with Crippen LogP contribution >= 0.6 is 0 Å². The van der Waals surface area contributed by atoms with Crippen LogP contribution in [-0.2, 0) is 4.79 Å². The van der Waals surface area contributed by atoms with Gasteiger partial charge in [-0.2, -0.15) is 0 Å². The Kier molecular flexibility index (Phi) is 4.37. The minimum absolute atomic E-state index is 0.124. The molecule has 0 spiro atoms. The first-order valence-corrected chi connectivity index (χ1v) is 8.97. The first-order valence-electron chi connectivity index (χ1n) is 8.97. The Labute approximate surface area is 143 Å². The zero-order valence-corrected chi connectivity index (χ0v) is 14.3. The number of piperidine rings is 1. The van der Waals surface area contributed by atoms with Gasteiger partial charge in [-0.15, -0.1) is 0 Å². The van der Waals surface area contributed by atoms with Crippen molar-refractivity contribution >= 4 is 11.9 Å². The molecule has 0 aliphatic carbocycles. The topological polar surface area (TPSA) is 55.8 Å². The maximum absolute atomic E-state index is 12.3. The number of hydrogen-bond acceptors (Lipinski definition) is 6. The molecule has 7 heteroatoms. The molecular weight excluding hydrogens is 304 g/mol. The number of anilines is 1. The third-order valence-electron chi connectivity index (χ3n) is 5.63. The highest BCUT2D eigenvalue weighted by Crippen LogP contribution is 2.25. The van der Waals surface area contributed by atoms with Gasteiger partial charge >= 0.3 is 0 Å². The van der Waals surface area contributed by atoms with Crippen molar-refractivity contribution in [1.82, 2.24) is 24.7 Å². The molecule has 3 saturated heterocycles. The van der Waals surface area contributed by atoms with Gasteiger partial charge in [0.25, 0.3) is 0 Å². The number of carbonyl (C=O) groups excluding carboxylic acids is 1. The first kappa shape index (κ1) is 15.8. The quantitative estimate of drug-likeness (QED) is 0.772. The van der Waals surface area contributed by atoms with E-state index in [1.807, 2.05) is 18.0 Å². The Bertz CT molecular complexity index is 568. The predicted octanol–water partition coefficient (Wildman–Crippen LogP) is -0.0964. The summed E-state index contributed by atoms with van der Waals surface area (Å²) in [6.07, 6.45) is 5.76. The van der Waals surface area contributed by atoms with Gasteiger partial charge in [-0.1, -0.05) is 0 Å². The van der Waals surface area contributed by atoms with Gasteiger partial charge in [0.2, 0.25) is 11.9 Å². The highest BCUT2D eigenvalue weighted by Gasteiger charge is 2.41. The second-order valence-electron chi connectivity index (χ2n) is 7.10. The lowest BCUT2D eigenvalue weighted by molar-refractivity contribution is -0.142. The number of likely N-dealkylation sites (tertiary alicyclic amines) is 2. The Morgan fingerprint density at radius 3 is 2.42 bits per heavy atom. The minimum Gasteiger partial charge on any atom is -0.344 e. The van der Waals surface area contributed by atoms with Crippen LogP contribution in [0.5, 0.6) is 0 Å². The summed E-state index contributed by atoms with van der Waals surface area (Å²) < 4.78 is 0. The summed E-state index contributed by atoms with van der Waals surface area (Å²) >= 11 is 0. The van der Waals surface area contributed by atoms with Crippen molar-refractivity contribution in [2.24, 2.45) is 0 Å². The van der Waals surface area contributed by atoms with Gasteiger partial charge in [0.15, 0.2) is 0 Å². The molecule has 1 aromatic heterocycles. The number of carbonyl (C=O) groups is 1. The van der Waals surface area contributed by atoms with Crippen LogP contribution < -0.4 is 4.90 Å². The normalized spacial score (nSPS) is 27.4. The van der Waals surface area contributed by atoms with Crippen molar-refractivity contribution in [3.8, 4) is 0 Å². The number of aromatic nitrogens is 2. The van der Waals surface area contributed by atoms with Crippen molar-refractivity contribution in [2.45, 2.75) is 24.9 Å². The van der Waals surface area contributed by atoms with E-state index in [0.29, 0.717) is 11.9 Å². The highest BCUT2D eigenvalue weighted by molar-refractivity contribution is 5.82. The second-order valence-corrected chi connectivity index (χ2v) is 7.10. The van der Waals surface area contributed by atoms with Gasteiger partial charge in [0.05, 0.1) is 6.04 Å². The van der Waals surface area contributed by atoms with Gasteiger partial charge in [-0.3, -0.25) is 14.6 Å². The lowest BCUT2D eigenvalue weighted by Gasteiger charge is -2.51. The molecule has 7 nitrogen and oxygen atoms in total. The van der Waals surface area contributed by atoms with Crippen LogP contribution in [0.2, 0.25) is 0 Å². The van der Waals surface area contributed by atoms with E-state index in [4.69, 9.17) is 0 Å². The smallest absolute Gasteiger partial charge is 0.239 e. The molecular formula is C17H26N6O. The molecule has 24 heavy (non-hydrogen) atoms. The Balaban J connectivity index is 1.26. The van der Waals surface area contributed by atoms with Gasteiger partial charge in [-0.05, 0) is 18.9 Å². The van der Waals surface area contributed by atoms with Gasteiger partial charge < -0.3 is 9.80 Å². The zero-order valence-electron chi connectivity index (χ0n) is 14.3. The summed E-state index contributed by atoms with van der Waals surface area (Å²) in [4.78, 5) is 30.1. The third-order valence-corrected chi connectivity index (χ3v) is 5.63. The molecule has 0 radical (unpaired) electrons. The predicted molar refractivity (Wildman–Crippen MR) is 91.8 cm³/mol. The summed E-state index contributed by atoms with van der Waals surface area (Å²) in [6, 6.07) is 2.58. The molecule has 3 aliphatic rings. The fourth-order valence-electron chi connectivity index (χ4n) is 4.06. The minimum atomic E-state index is 0.124. The van der Waals surface area contributed by atoms with E-state index in [1.54, 1.807) is 12.4 Å². The van der Waals surface area contributed by atoms with Crippen LogP contribution in [-0.4, -0.2) is 95.5 Å². The molecule has 1 unspecified atom stereocenters. The van der Waals surface area contributed by atoms with Crippen LogP contribution in [0.25, 0.3) is 0 Å². The maximum atomic E-state index is 12.3. The number of hydrogen-bond donors (Lipinski definition) is 0. The lowest BCUT2D eigenvalue weighted by Crippen LogP contribution is -2.67. The van der Waals surface area contributed by atoms with Gasteiger partial charge in [0.1, 0.15) is 0 Å². The van der Waals surface area contributed by atoms with Crippen LogP contribution in [0.3, 0.4) is 0 Å². The van der Waals surface area contributed by atoms with E-state index in [2.05, 4.69) is 24.7 Å².